The van der Waals surface area contributed by atoms with Crippen molar-refractivity contribution >= 4 is 64.4 Å². The van der Waals surface area contributed by atoms with Crippen LogP contribution in [0.4, 0.5) is 25.5 Å². The second-order valence-electron chi connectivity index (χ2n) is 16.8. The monoisotopic (exact) mass is 880 g/mol. The SMILES string of the molecule is CCOC(=O)C(Cc1ccc(NC(C)=O)cc1)(OC[C@H]1O[C@@H](n2cnc3c(N(OC(C)(C)C)C(=O)OC(C)(C)C)nc(Cl)nc32)[C@@H](F)[C@@H]1OC(=O)OC(C)(C)C)C(=O)OCC. The summed E-state index contributed by atoms with van der Waals surface area (Å²) in [4.78, 5) is 84.5. The second-order valence-corrected chi connectivity index (χ2v) is 17.1. The molecule has 4 atom stereocenters. The molecule has 1 aromatic carbocycles. The standard InChI is InChI=1S/C40H54ClFN6O13/c1-13-54-32(50)40(33(51)55-14-2,19-23-15-17-24(18-16-23)44-22(3)49)56-20-25-28(58-36(53)60-38(7,8)9)26(42)31(57-25)47-21-43-27-29(47)45-34(41)46-30(27)48(61-39(10,11)12)35(52)59-37(4,5)6/h15-18,21,25-26,28,31H,13-14,19-20H2,1-12H3,(H,44,49)/t25-,26+,28-,31-/m1/s1. The third kappa shape index (κ3) is 12.7. The molecule has 0 radical (unpaired) electrons. The van der Waals surface area contributed by atoms with Crippen LogP contribution in [0.3, 0.4) is 0 Å². The zero-order valence-electron chi connectivity index (χ0n) is 36.3. The molecular formula is C40H54ClFN6O13. The number of imidazole rings is 1. The number of carbonyl (C=O) groups excluding carboxylic acids is 5. The molecule has 4 rings (SSSR count). The van der Waals surface area contributed by atoms with Crippen molar-refractivity contribution in [2.45, 2.75) is 137 Å². The van der Waals surface area contributed by atoms with E-state index < -0.39 is 89.5 Å². The van der Waals surface area contributed by atoms with Crippen LogP contribution in [-0.2, 0) is 58.8 Å². The van der Waals surface area contributed by atoms with E-state index >= 15 is 4.39 Å². The molecule has 1 fully saturated rings. The minimum absolute atomic E-state index is 0.0900. The van der Waals surface area contributed by atoms with Gasteiger partial charge in [0.1, 0.15) is 17.3 Å². The van der Waals surface area contributed by atoms with E-state index in [0.717, 1.165) is 16.0 Å². The maximum absolute atomic E-state index is 17.0. The molecule has 1 N–H and O–H groups in total. The number of nitrogens with one attached hydrogen (secondary N) is 1. The van der Waals surface area contributed by atoms with Gasteiger partial charge in [-0.15, -0.1) is 5.06 Å². The van der Waals surface area contributed by atoms with Crippen molar-refractivity contribution in [1.29, 1.82) is 0 Å². The third-order valence-corrected chi connectivity index (χ3v) is 8.26. The average molecular weight is 881 g/mol. The smallest absolute Gasteiger partial charge is 0.463 e. The maximum Gasteiger partial charge on any atom is 0.509 e. The average Bonchev–Trinajstić information content (AvgIpc) is 3.67. The van der Waals surface area contributed by atoms with Crippen LogP contribution in [0.15, 0.2) is 30.6 Å². The summed E-state index contributed by atoms with van der Waals surface area (Å²) in [5.41, 5.74) is -4.86. The molecule has 0 unspecified atom stereocenters. The second kappa shape index (κ2) is 19.3. The predicted molar refractivity (Wildman–Crippen MR) is 216 cm³/mol. The zero-order chi connectivity index (χ0) is 45.7. The van der Waals surface area contributed by atoms with Gasteiger partial charge in [0.2, 0.25) is 11.2 Å². The van der Waals surface area contributed by atoms with Gasteiger partial charge < -0.3 is 38.5 Å². The fourth-order valence-electron chi connectivity index (χ4n) is 5.84. The van der Waals surface area contributed by atoms with E-state index in [2.05, 4.69) is 20.3 Å². The molecule has 0 aliphatic carbocycles. The van der Waals surface area contributed by atoms with E-state index in [0.29, 0.717) is 11.3 Å². The number of ether oxygens (including phenoxy) is 7. The molecule has 3 heterocycles. The number of nitrogens with zero attached hydrogens (tertiary/aromatic N) is 5. The highest BCUT2D eigenvalue weighted by atomic mass is 35.5. The van der Waals surface area contributed by atoms with E-state index in [-0.39, 0.29) is 36.1 Å². The Hall–Kier alpha value is -5.18. The third-order valence-electron chi connectivity index (χ3n) is 8.09. The van der Waals surface area contributed by atoms with Gasteiger partial charge in [-0.3, -0.25) is 14.2 Å². The molecule has 0 saturated carbocycles. The van der Waals surface area contributed by atoms with Gasteiger partial charge in [-0.05, 0) is 105 Å². The van der Waals surface area contributed by atoms with E-state index in [1.165, 1.54) is 20.8 Å². The molecule has 1 aliphatic heterocycles. The van der Waals surface area contributed by atoms with Crippen molar-refractivity contribution in [2.24, 2.45) is 0 Å². The highest BCUT2D eigenvalue weighted by Crippen LogP contribution is 2.39. The van der Waals surface area contributed by atoms with Crippen LogP contribution in [0.25, 0.3) is 11.2 Å². The Kier molecular flexibility index (Phi) is 15.3. The number of hydrogen-bond donors (Lipinski definition) is 1. The Bertz CT molecular complexity index is 2040. The topological polar surface area (TPSA) is 218 Å². The Morgan fingerprint density at radius 2 is 1.48 bits per heavy atom. The quantitative estimate of drug-likeness (QED) is 0.0594. The van der Waals surface area contributed by atoms with Crippen LogP contribution in [0, 0.1) is 0 Å². The van der Waals surface area contributed by atoms with Gasteiger partial charge in [-0.25, -0.2) is 28.6 Å². The number of fused-ring (bicyclic) bond motifs is 1. The van der Waals surface area contributed by atoms with E-state index in [1.807, 2.05) is 0 Å². The summed E-state index contributed by atoms with van der Waals surface area (Å²) < 4.78 is 57.5. The minimum atomic E-state index is -2.49. The number of amides is 2. The predicted octanol–water partition coefficient (Wildman–Crippen LogP) is 6.59. The van der Waals surface area contributed by atoms with Gasteiger partial charge in [0.25, 0.3) is 5.60 Å². The number of hydrogen-bond acceptors (Lipinski definition) is 16. The highest BCUT2D eigenvalue weighted by Gasteiger charge is 2.55. The molecule has 2 amide bonds. The van der Waals surface area contributed by atoms with Crippen molar-refractivity contribution in [3.8, 4) is 0 Å². The number of halogens is 2. The molecule has 2 aromatic heterocycles. The van der Waals surface area contributed by atoms with Gasteiger partial charge in [0.15, 0.2) is 35.5 Å². The molecule has 0 bridgehead atoms. The molecule has 1 saturated heterocycles. The molecule has 336 valence electrons. The van der Waals surface area contributed by atoms with Gasteiger partial charge in [-0.2, -0.15) is 9.97 Å². The Balaban J connectivity index is 1.80. The number of carbonyl (C=O) groups is 5. The lowest BCUT2D eigenvalue weighted by atomic mass is 9.93. The van der Waals surface area contributed by atoms with Crippen LogP contribution in [0.1, 0.15) is 94.9 Å². The first kappa shape index (κ1) is 48.5. The van der Waals surface area contributed by atoms with Crippen molar-refractivity contribution in [1.82, 2.24) is 19.5 Å². The zero-order valence-corrected chi connectivity index (χ0v) is 37.1. The van der Waals surface area contributed by atoms with Gasteiger partial charge in [0.05, 0.1) is 31.7 Å². The lowest BCUT2D eigenvalue weighted by Gasteiger charge is -2.31. The fourth-order valence-corrected chi connectivity index (χ4v) is 6.00. The lowest BCUT2D eigenvalue weighted by molar-refractivity contribution is -0.197. The summed E-state index contributed by atoms with van der Waals surface area (Å²) in [6.07, 6.45) is -8.77. The number of anilines is 2. The summed E-state index contributed by atoms with van der Waals surface area (Å²) >= 11 is 6.40. The molecule has 61 heavy (non-hydrogen) atoms. The number of esters is 2. The number of alkyl halides is 1. The largest absolute Gasteiger partial charge is 0.509 e. The highest BCUT2D eigenvalue weighted by molar-refractivity contribution is 6.28. The van der Waals surface area contributed by atoms with Crippen molar-refractivity contribution in [3.05, 3.63) is 41.4 Å². The first-order chi connectivity index (χ1) is 28.3. The normalized spacial score (nSPS) is 18.3. The van der Waals surface area contributed by atoms with Crippen molar-refractivity contribution in [3.63, 3.8) is 0 Å². The number of rotatable bonds is 14. The summed E-state index contributed by atoms with van der Waals surface area (Å²) in [7, 11) is 0. The van der Waals surface area contributed by atoms with Crippen LogP contribution in [0.5, 0.6) is 0 Å². The van der Waals surface area contributed by atoms with E-state index in [9.17, 15) is 24.0 Å². The van der Waals surface area contributed by atoms with Gasteiger partial charge >= 0.3 is 24.2 Å². The molecule has 1 aliphatic rings. The molecule has 19 nitrogen and oxygen atoms in total. The fraction of sp³-hybridized carbons (Fsp3) is 0.600. The first-order valence-corrected chi connectivity index (χ1v) is 19.8. The van der Waals surface area contributed by atoms with Crippen LogP contribution in [0.2, 0.25) is 5.28 Å². The minimum Gasteiger partial charge on any atom is -0.463 e. The molecule has 3 aromatic rings. The Morgan fingerprint density at radius 1 is 0.885 bits per heavy atom. The summed E-state index contributed by atoms with van der Waals surface area (Å²) in [5.74, 6) is -2.81. The number of benzene rings is 1. The maximum atomic E-state index is 17.0. The number of hydroxylamine groups is 1. The number of aromatic nitrogens is 4. The summed E-state index contributed by atoms with van der Waals surface area (Å²) in [5, 5.41) is 3.00. The van der Waals surface area contributed by atoms with E-state index in [4.69, 9.17) is 49.6 Å². The van der Waals surface area contributed by atoms with Crippen LogP contribution >= 0.6 is 11.6 Å². The Morgan fingerprint density at radius 3 is 2.00 bits per heavy atom. The van der Waals surface area contributed by atoms with Crippen molar-refractivity contribution < 1.29 is 66.4 Å². The summed E-state index contributed by atoms with van der Waals surface area (Å²) in [6.45, 7) is 18.1. The molecule has 21 heteroatoms. The molecular weight excluding hydrogens is 827 g/mol. The van der Waals surface area contributed by atoms with Gasteiger partial charge in [-0.1, -0.05) is 12.1 Å². The van der Waals surface area contributed by atoms with Crippen LogP contribution < -0.4 is 10.4 Å². The van der Waals surface area contributed by atoms with Crippen molar-refractivity contribution in [2.75, 3.05) is 30.2 Å². The lowest BCUT2D eigenvalue weighted by Crippen LogP contribution is -2.54. The van der Waals surface area contributed by atoms with E-state index in [1.54, 1.807) is 86.6 Å². The van der Waals surface area contributed by atoms with Crippen LogP contribution in [-0.4, -0.2) is 110 Å². The Labute approximate surface area is 357 Å². The molecule has 0 spiro atoms. The first-order valence-electron chi connectivity index (χ1n) is 19.4. The summed E-state index contributed by atoms with van der Waals surface area (Å²) in [6, 6.07) is 6.22. The van der Waals surface area contributed by atoms with Gasteiger partial charge in [0, 0.05) is 19.0 Å².